The molecular weight excluding hydrogens is 578 g/mol. The van der Waals surface area contributed by atoms with Crippen LogP contribution in [-0.2, 0) is 30.6 Å². The van der Waals surface area contributed by atoms with Crippen LogP contribution in [0.25, 0.3) is 11.2 Å². The average Bonchev–Trinajstić information content (AvgIpc) is 3.36. The van der Waals surface area contributed by atoms with Crippen molar-refractivity contribution in [3.05, 3.63) is 47.0 Å². The number of nitrogens with one attached hydrogen (secondary N) is 2. The van der Waals surface area contributed by atoms with E-state index in [1.165, 1.54) is 6.92 Å². The van der Waals surface area contributed by atoms with E-state index in [1.54, 1.807) is 44.2 Å². The molecule has 5 N–H and O–H groups in total. The predicted octanol–water partition coefficient (Wildman–Crippen LogP) is 2.11. The maximum atomic E-state index is 15.6. The minimum absolute atomic E-state index is 0.102. The van der Waals surface area contributed by atoms with Crippen LogP contribution in [0.3, 0.4) is 0 Å². The molecule has 17 heteroatoms. The van der Waals surface area contributed by atoms with Crippen molar-refractivity contribution in [2.45, 2.75) is 56.5 Å². The lowest BCUT2D eigenvalue weighted by Crippen LogP contribution is -2.40. The van der Waals surface area contributed by atoms with Crippen molar-refractivity contribution in [3.8, 4) is 5.75 Å². The molecule has 212 valence electrons. The van der Waals surface area contributed by atoms with E-state index >= 15 is 4.39 Å². The molecule has 0 bridgehead atoms. The summed E-state index contributed by atoms with van der Waals surface area (Å²) in [7, 11) is 0. The third-order valence-electron chi connectivity index (χ3n) is 5.52. The molecule has 6 atom stereocenters. The Hall–Kier alpha value is -2.65. The summed E-state index contributed by atoms with van der Waals surface area (Å²) in [6.45, 7) is 0.925. The van der Waals surface area contributed by atoms with E-state index in [2.05, 4.69) is 20.0 Å². The summed E-state index contributed by atoms with van der Waals surface area (Å²) in [6, 6.07) is 7.54. The molecule has 0 amide bonds. The SMILES string of the molecule is CC(C)OC(=O)C(C)NP(=S)(OC[C@H]1O[C@@H](n2cnc3c(=O)[nH]c(N)nc32)[C@](F)(Cl)[C@@H]1O)Oc1ccccc1. The fourth-order valence-electron chi connectivity index (χ4n) is 3.73. The highest BCUT2D eigenvalue weighted by molar-refractivity contribution is 8.09. The molecule has 1 aliphatic rings. The van der Waals surface area contributed by atoms with Gasteiger partial charge in [-0.25, -0.2) is 14.5 Å². The van der Waals surface area contributed by atoms with Crippen molar-refractivity contribution in [3.63, 3.8) is 0 Å². The Morgan fingerprint density at radius 1 is 1.41 bits per heavy atom. The van der Waals surface area contributed by atoms with Crippen molar-refractivity contribution in [2.75, 3.05) is 12.3 Å². The molecule has 4 rings (SSSR count). The second kappa shape index (κ2) is 11.5. The van der Waals surface area contributed by atoms with Gasteiger partial charge in [-0.1, -0.05) is 29.8 Å². The van der Waals surface area contributed by atoms with Crippen molar-refractivity contribution < 1.29 is 32.8 Å². The number of hydrogen-bond donors (Lipinski definition) is 4. The van der Waals surface area contributed by atoms with E-state index in [4.69, 9.17) is 47.7 Å². The number of aromatic amines is 1. The number of aromatic nitrogens is 4. The molecule has 0 aliphatic carbocycles. The molecule has 3 heterocycles. The van der Waals surface area contributed by atoms with Gasteiger partial charge >= 0.3 is 12.6 Å². The van der Waals surface area contributed by atoms with E-state index in [1.807, 2.05) is 0 Å². The fourth-order valence-corrected chi connectivity index (χ4v) is 6.44. The summed E-state index contributed by atoms with van der Waals surface area (Å²) in [4.78, 5) is 34.7. The Bertz CT molecular complexity index is 1440. The van der Waals surface area contributed by atoms with Crippen molar-refractivity contribution in [1.29, 1.82) is 0 Å². The number of benzene rings is 1. The van der Waals surface area contributed by atoms with Gasteiger partial charge in [0.2, 0.25) is 5.95 Å². The van der Waals surface area contributed by atoms with Gasteiger partial charge in [0.05, 0.1) is 19.0 Å². The Kier molecular flexibility index (Phi) is 8.61. The standard InChI is InChI=1S/C22H27ClFN6O7PS/c1-11(2)35-19(33)12(3)29-38(39,37-13-7-5-4-6-8-13)34-9-14-16(31)22(23,24)20(36-14)30-10-26-15-17(30)27-21(25)28-18(15)32/h4-8,10-12,14,16,20,31H,9H2,1-3H3,(H,29,39)(H3,25,27,28,32)/t12?,14-,16-,20-,22+,38?/m1/s1. The number of carbonyl (C=O) groups excluding carboxylic acids is 1. The zero-order chi connectivity index (χ0) is 28.5. The number of esters is 1. The van der Waals surface area contributed by atoms with Crippen molar-refractivity contribution in [2.24, 2.45) is 0 Å². The van der Waals surface area contributed by atoms with Gasteiger partial charge in [0, 0.05) is 0 Å². The minimum Gasteiger partial charge on any atom is -0.462 e. The number of H-pyrrole nitrogens is 1. The van der Waals surface area contributed by atoms with Crippen LogP contribution >= 0.6 is 18.2 Å². The number of fused-ring (bicyclic) bond motifs is 1. The van der Waals surface area contributed by atoms with Gasteiger partial charge in [-0.3, -0.25) is 19.1 Å². The lowest BCUT2D eigenvalue weighted by atomic mass is 10.1. The van der Waals surface area contributed by atoms with Crippen LogP contribution in [0.1, 0.15) is 27.0 Å². The number of alkyl halides is 2. The number of aliphatic hydroxyl groups is 1. The number of hydrogen-bond acceptors (Lipinski definition) is 11. The predicted molar refractivity (Wildman–Crippen MR) is 143 cm³/mol. The molecule has 0 spiro atoms. The molecule has 1 saturated heterocycles. The topological polar surface area (TPSA) is 176 Å². The molecule has 1 aliphatic heterocycles. The third kappa shape index (κ3) is 6.40. The molecule has 39 heavy (non-hydrogen) atoms. The molecular formula is C22H27ClFN6O7PS. The number of aliphatic hydroxyl groups excluding tert-OH is 1. The second-order valence-electron chi connectivity index (χ2n) is 8.96. The number of carbonyl (C=O) groups is 1. The van der Waals surface area contributed by atoms with Crippen LogP contribution in [0.4, 0.5) is 10.3 Å². The number of anilines is 1. The van der Waals surface area contributed by atoms with Gasteiger partial charge in [0.25, 0.3) is 10.7 Å². The lowest BCUT2D eigenvalue weighted by Gasteiger charge is -2.28. The number of ether oxygens (including phenoxy) is 2. The van der Waals surface area contributed by atoms with E-state index in [-0.39, 0.29) is 23.2 Å². The molecule has 2 unspecified atom stereocenters. The van der Waals surface area contributed by atoms with E-state index in [0.717, 1.165) is 10.9 Å². The lowest BCUT2D eigenvalue weighted by molar-refractivity contribution is -0.149. The maximum absolute atomic E-state index is 15.6. The number of rotatable bonds is 10. The summed E-state index contributed by atoms with van der Waals surface area (Å²) < 4.78 is 39.4. The molecule has 0 saturated carbocycles. The number of halogens is 2. The molecule has 1 aromatic carbocycles. The summed E-state index contributed by atoms with van der Waals surface area (Å²) in [6.07, 6.45) is -4.20. The highest BCUT2D eigenvalue weighted by Gasteiger charge is 2.58. The van der Waals surface area contributed by atoms with Gasteiger partial charge in [-0.15, -0.1) is 0 Å². The van der Waals surface area contributed by atoms with Crippen LogP contribution in [0, 0.1) is 0 Å². The van der Waals surface area contributed by atoms with Gasteiger partial charge < -0.3 is 29.4 Å². The Morgan fingerprint density at radius 3 is 2.77 bits per heavy atom. The minimum atomic E-state index is -3.52. The zero-order valence-electron chi connectivity index (χ0n) is 21.0. The molecule has 13 nitrogen and oxygen atoms in total. The van der Waals surface area contributed by atoms with Gasteiger partial charge in [-0.2, -0.15) is 4.98 Å². The van der Waals surface area contributed by atoms with Crippen LogP contribution < -0.4 is 20.9 Å². The normalized spacial score (nSPS) is 25.5. The van der Waals surface area contributed by atoms with Gasteiger partial charge in [0.15, 0.2) is 17.4 Å². The first-order valence-corrected chi connectivity index (χ1v) is 14.7. The van der Waals surface area contributed by atoms with Crippen LogP contribution in [0.2, 0.25) is 0 Å². The van der Waals surface area contributed by atoms with Gasteiger partial charge in [0.1, 0.15) is 24.0 Å². The number of imidazole rings is 1. The molecule has 1 fully saturated rings. The van der Waals surface area contributed by atoms with Crippen LogP contribution in [0.5, 0.6) is 5.75 Å². The smallest absolute Gasteiger partial charge is 0.323 e. The maximum Gasteiger partial charge on any atom is 0.323 e. The summed E-state index contributed by atoms with van der Waals surface area (Å²) in [5, 5.41) is 10.7. The first-order valence-electron chi connectivity index (χ1n) is 11.7. The Morgan fingerprint density at radius 2 is 2.10 bits per heavy atom. The van der Waals surface area contributed by atoms with E-state index in [0.29, 0.717) is 5.75 Å². The largest absolute Gasteiger partial charge is 0.462 e. The zero-order valence-corrected chi connectivity index (χ0v) is 23.5. The molecule has 2 aromatic heterocycles. The second-order valence-corrected chi connectivity index (χ2v) is 12.7. The Balaban J connectivity index is 1.56. The van der Waals surface area contributed by atoms with Gasteiger partial charge in [-0.05, 0) is 44.7 Å². The number of nitrogens with two attached hydrogens (primary N) is 1. The summed E-state index contributed by atoms with van der Waals surface area (Å²) in [5.41, 5.74) is 4.73. The monoisotopic (exact) mass is 604 g/mol. The van der Waals surface area contributed by atoms with Crippen LogP contribution in [0.15, 0.2) is 41.5 Å². The first-order chi connectivity index (χ1) is 18.3. The molecule has 3 aromatic rings. The number of para-hydroxylation sites is 1. The van der Waals surface area contributed by atoms with E-state index < -0.39 is 54.4 Å². The van der Waals surface area contributed by atoms with Crippen LogP contribution in [-0.4, -0.2) is 66.7 Å². The quantitative estimate of drug-likeness (QED) is 0.151. The number of nitrogen functional groups attached to an aromatic ring is 1. The van der Waals surface area contributed by atoms with E-state index in [9.17, 15) is 14.7 Å². The highest BCUT2D eigenvalue weighted by atomic mass is 35.5. The van der Waals surface area contributed by atoms with Crippen molar-refractivity contribution >= 4 is 53.1 Å². The highest BCUT2D eigenvalue weighted by Crippen LogP contribution is 2.49. The summed E-state index contributed by atoms with van der Waals surface area (Å²) in [5.74, 6) is -0.477. The summed E-state index contributed by atoms with van der Waals surface area (Å²) >= 11 is 11.7. The third-order valence-corrected chi connectivity index (χ3v) is 8.43. The van der Waals surface area contributed by atoms with Crippen molar-refractivity contribution in [1.82, 2.24) is 24.6 Å². The number of nitrogens with zero attached hydrogens (tertiary/aromatic N) is 3. The average molecular weight is 605 g/mol. The first kappa shape index (κ1) is 29.3. The fraction of sp³-hybridized carbons (Fsp3) is 0.455. The Labute approximate surface area is 232 Å². The molecule has 0 radical (unpaired) electrons.